The van der Waals surface area contributed by atoms with Crippen molar-refractivity contribution in [3.8, 4) is 12.1 Å². The van der Waals surface area contributed by atoms with Crippen molar-refractivity contribution in [3.05, 3.63) is 0 Å². The summed E-state index contributed by atoms with van der Waals surface area (Å²) in [6, 6.07) is 4.13. The molecule has 13 heavy (non-hydrogen) atoms. The molecule has 0 amide bonds. The standard InChI is InChI=1S/2C5H9N.H3N/c2*1-5(2)3-4-6;/h2*5H,3H2,1-2H3;1H3. The Kier molecular flexibility index (Phi) is 18.6. The SMILES string of the molecule is CC(C)CC#N.CC(C)CC#N.N. The molecule has 3 heteroatoms. The molecule has 0 heterocycles. The Morgan fingerprint density at radius 3 is 1.08 bits per heavy atom. The van der Waals surface area contributed by atoms with Crippen molar-refractivity contribution in [1.29, 1.82) is 10.5 Å². The Bertz CT molecular complexity index is 140. The van der Waals surface area contributed by atoms with Gasteiger partial charge in [0.1, 0.15) is 0 Å². The van der Waals surface area contributed by atoms with Gasteiger partial charge in [0, 0.05) is 12.8 Å². The van der Waals surface area contributed by atoms with E-state index in [2.05, 4.69) is 12.1 Å². The summed E-state index contributed by atoms with van der Waals surface area (Å²) in [5, 5.41) is 16.0. The lowest BCUT2D eigenvalue weighted by molar-refractivity contribution is 0.671. The molecule has 0 aromatic carbocycles. The van der Waals surface area contributed by atoms with Gasteiger partial charge < -0.3 is 6.15 Å². The van der Waals surface area contributed by atoms with Gasteiger partial charge in [0.25, 0.3) is 0 Å². The third kappa shape index (κ3) is 35.8. The molecule has 0 bridgehead atoms. The van der Waals surface area contributed by atoms with Gasteiger partial charge in [0.2, 0.25) is 0 Å². The molecule has 0 fully saturated rings. The molecule has 76 valence electrons. The van der Waals surface area contributed by atoms with Gasteiger partial charge in [-0.1, -0.05) is 27.7 Å². The zero-order valence-electron chi connectivity index (χ0n) is 9.17. The first-order valence-corrected chi connectivity index (χ1v) is 4.28. The van der Waals surface area contributed by atoms with Crippen LogP contribution in [0.2, 0.25) is 0 Å². The Balaban J connectivity index is -0.000000143. The van der Waals surface area contributed by atoms with Gasteiger partial charge in [0.05, 0.1) is 12.1 Å². The predicted molar refractivity (Wildman–Crippen MR) is 55.2 cm³/mol. The van der Waals surface area contributed by atoms with Crippen molar-refractivity contribution in [2.75, 3.05) is 0 Å². The van der Waals surface area contributed by atoms with Crippen LogP contribution in [0, 0.1) is 34.5 Å². The van der Waals surface area contributed by atoms with E-state index in [1.807, 2.05) is 27.7 Å². The minimum Gasteiger partial charge on any atom is -0.344 e. The lowest BCUT2D eigenvalue weighted by atomic mass is 10.2. The Labute approximate surface area is 82.0 Å². The smallest absolute Gasteiger partial charge is 0.0624 e. The highest BCUT2D eigenvalue weighted by molar-refractivity contribution is 4.70. The van der Waals surface area contributed by atoms with Crippen molar-refractivity contribution in [3.63, 3.8) is 0 Å². The molecule has 0 saturated carbocycles. The zero-order valence-corrected chi connectivity index (χ0v) is 9.17. The lowest BCUT2D eigenvalue weighted by Crippen LogP contribution is -1.79. The Morgan fingerprint density at radius 2 is 1.08 bits per heavy atom. The van der Waals surface area contributed by atoms with Crippen LogP contribution in [0.3, 0.4) is 0 Å². The molecule has 0 aliphatic rings. The average Bonchev–Trinajstić information content (AvgIpc) is 1.87. The minimum absolute atomic E-state index is 0. The van der Waals surface area contributed by atoms with Crippen LogP contribution >= 0.6 is 0 Å². The molecule has 0 atom stereocenters. The third-order valence-electron chi connectivity index (χ3n) is 0.999. The van der Waals surface area contributed by atoms with E-state index in [1.165, 1.54) is 0 Å². The molecule has 0 aliphatic heterocycles. The maximum Gasteiger partial charge on any atom is 0.0624 e. The molecule has 0 spiro atoms. The molecule has 0 radical (unpaired) electrons. The highest BCUT2D eigenvalue weighted by atomic mass is 14.2. The fraction of sp³-hybridized carbons (Fsp3) is 0.800. The monoisotopic (exact) mass is 183 g/mol. The van der Waals surface area contributed by atoms with Gasteiger partial charge in [-0.2, -0.15) is 10.5 Å². The van der Waals surface area contributed by atoms with Crippen molar-refractivity contribution in [2.24, 2.45) is 11.8 Å². The van der Waals surface area contributed by atoms with Crippen LogP contribution in [0.1, 0.15) is 40.5 Å². The van der Waals surface area contributed by atoms with Crippen molar-refractivity contribution < 1.29 is 0 Å². The van der Waals surface area contributed by atoms with E-state index in [4.69, 9.17) is 10.5 Å². The van der Waals surface area contributed by atoms with Gasteiger partial charge in [-0.15, -0.1) is 0 Å². The van der Waals surface area contributed by atoms with E-state index < -0.39 is 0 Å². The number of rotatable bonds is 2. The first-order valence-electron chi connectivity index (χ1n) is 4.28. The normalized spacial score (nSPS) is 7.69. The molecule has 0 aromatic rings. The third-order valence-corrected chi connectivity index (χ3v) is 0.999. The van der Waals surface area contributed by atoms with Gasteiger partial charge in [-0.05, 0) is 11.8 Å². The van der Waals surface area contributed by atoms with E-state index in [0.29, 0.717) is 24.7 Å². The molecular formula is C10H21N3. The molecule has 3 nitrogen and oxygen atoms in total. The maximum absolute atomic E-state index is 7.99. The van der Waals surface area contributed by atoms with Crippen LogP contribution in [0.4, 0.5) is 0 Å². The summed E-state index contributed by atoms with van der Waals surface area (Å²) in [5.41, 5.74) is 0. The topological polar surface area (TPSA) is 82.6 Å². The number of nitrogens with zero attached hydrogens (tertiary/aromatic N) is 2. The maximum atomic E-state index is 7.99. The zero-order chi connectivity index (χ0) is 9.98. The molecule has 3 N–H and O–H groups in total. The van der Waals surface area contributed by atoms with E-state index >= 15 is 0 Å². The molecule has 0 aliphatic carbocycles. The minimum atomic E-state index is 0. The largest absolute Gasteiger partial charge is 0.344 e. The van der Waals surface area contributed by atoms with Crippen molar-refractivity contribution >= 4 is 0 Å². The van der Waals surface area contributed by atoms with Gasteiger partial charge >= 0.3 is 0 Å². The van der Waals surface area contributed by atoms with E-state index in [0.717, 1.165) is 0 Å². The lowest BCUT2D eigenvalue weighted by Gasteiger charge is -1.88. The first-order chi connectivity index (χ1) is 5.54. The van der Waals surface area contributed by atoms with Crippen LogP contribution in [0.5, 0.6) is 0 Å². The second-order valence-corrected chi connectivity index (χ2v) is 3.51. The van der Waals surface area contributed by atoms with Gasteiger partial charge in [-0.3, -0.25) is 0 Å². The Hall–Kier alpha value is -1.06. The second kappa shape index (κ2) is 13.5. The van der Waals surface area contributed by atoms with Gasteiger partial charge in [-0.25, -0.2) is 0 Å². The Morgan fingerprint density at radius 1 is 0.846 bits per heavy atom. The fourth-order valence-corrected chi connectivity index (χ4v) is 0.365. The predicted octanol–water partition coefficient (Wildman–Crippen LogP) is 3.27. The molecule has 0 saturated heterocycles. The number of nitriles is 2. The fourth-order valence-electron chi connectivity index (χ4n) is 0.365. The van der Waals surface area contributed by atoms with E-state index in [1.54, 1.807) is 0 Å². The summed E-state index contributed by atoms with van der Waals surface area (Å²) in [4.78, 5) is 0. The summed E-state index contributed by atoms with van der Waals surface area (Å²) in [5.74, 6) is 1.07. The van der Waals surface area contributed by atoms with E-state index in [-0.39, 0.29) is 6.15 Å². The molecule has 0 aromatic heterocycles. The average molecular weight is 183 g/mol. The highest BCUT2D eigenvalue weighted by Crippen LogP contribution is 1.94. The second-order valence-electron chi connectivity index (χ2n) is 3.51. The summed E-state index contributed by atoms with van der Waals surface area (Å²) in [6.07, 6.45) is 1.36. The van der Waals surface area contributed by atoms with Crippen LogP contribution in [-0.2, 0) is 0 Å². The molecule has 0 rings (SSSR count). The van der Waals surface area contributed by atoms with E-state index in [9.17, 15) is 0 Å². The van der Waals surface area contributed by atoms with Gasteiger partial charge in [0.15, 0.2) is 0 Å². The first kappa shape index (κ1) is 17.9. The van der Waals surface area contributed by atoms with Crippen LogP contribution < -0.4 is 6.15 Å². The van der Waals surface area contributed by atoms with Crippen molar-refractivity contribution in [2.45, 2.75) is 40.5 Å². The summed E-state index contributed by atoms with van der Waals surface area (Å²) in [6.45, 7) is 8.12. The summed E-state index contributed by atoms with van der Waals surface area (Å²) >= 11 is 0. The number of hydrogen-bond donors (Lipinski definition) is 1. The van der Waals surface area contributed by atoms with Crippen LogP contribution in [0.15, 0.2) is 0 Å². The molecule has 0 unspecified atom stereocenters. The summed E-state index contributed by atoms with van der Waals surface area (Å²) in [7, 11) is 0. The number of hydrogen-bond acceptors (Lipinski definition) is 3. The van der Waals surface area contributed by atoms with Crippen molar-refractivity contribution in [1.82, 2.24) is 6.15 Å². The summed E-state index contributed by atoms with van der Waals surface area (Å²) < 4.78 is 0. The van der Waals surface area contributed by atoms with Crippen LogP contribution in [-0.4, -0.2) is 0 Å². The van der Waals surface area contributed by atoms with Crippen LogP contribution in [0.25, 0.3) is 0 Å². The quantitative estimate of drug-likeness (QED) is 0.713. The highest BCUT2D eigenvalue weighted by Gasteiger charge is 1.86. The molecular weight excluding hydrogens is 162 g/mol.